The third kappa shape index (κ3) is 5.99. The lowest BCUT2D eigenvalue weighted by Crippen LogP contribution is -2.59. The second kappa shape index (κ2) is 7.49. The van der Waals surface area contributed by atoms with E-state index in [4.69, 9.17) is 10.5 Å². The van der Waals surface area contributed by atoms with Crippen LogP contribution in [0.25, 0.3) is 0 Å². The zero-order valence-electron chi connectivity index (χ0n) is 15.2. The average molecular weight is 328 g/mol. The Labute approximate surface area is 139 Å². The molecule has 1 aliphatic rings. The first-order valence-corrected chi connectivity index (χ1v) is 8.16. The van der Waals surface area contributed by atoms with Crippen LogP contribution >= 0.6 is 0 Å². The smallest absolute Gasteiger partial charge is 0.314 e. The molecule has 1 aliphatic heterocycles. The summed E-state index contributed by atoms with van der Waals surface area (Å²) in [6.07, 6.45) is 0.367. The molecule has 4 N–H and O–H groups in total. The van der Waals surface area contributed by atoms with Gasteiger partial charge in [-0.05, 0) is 41.5 Å². The van der Waals surface area contributed by atoms with E-state index >= 15 is 0 Å². The summed E-state index contributed by atoms with van der Waals surface area (Å²) in [5.74, 6) is -0.436. The maximum atomic E-state index is 12.0. The van der Waals surface area contributed by atoms with Gasteiger partial charge < -0.3 is 21.1 Å². The van der Waals surface area contributed by atoms with E-state index in [1.165, 1.54) is 0 Å². The fraction of sp³-hybridized carbons (Fsp3) is 0.875. The van der Waals surface area contributed by atoms with Gasteiger partial charge in [-0.1, -0.05) is 0 Å². The van der Waals surface area contributed by atoms with Gasteiger partial charge in [0.1, 0.15) is 0 Å². The first-order valence-electron chi connectivity index (χ1n) is 8.16. The van der Waals surface area contributed by atoms with Gasteiger partial charge in [0.05, 0.1) is 17.6 Å². The van der Waals surface area contributed by atoms with E-state index in [9.17, 15) is 9.59 Å². The molecule has 0 aromatic heterocycles. The van der Waals surface area contributed by atoms with Crippen molar-refractivity contribution in [3.8, 4) is 0 Å². The number of nitrogens with zero attached hydrogens (tertiary/aromatic N) is 1. The number of ether oxygens (including phenoxy) is 1. The van der Waals surface area contributed by atoms with Crippen LogP contribution < -0.4 is 16.4 Å². The Morgan fingerprint density at radius 3 is 2.04 bits per heavy atom. The molecule has 1 heterocycles. The Kier molecular flexibility index (Phi) is 6.41. The summed E-state index contributed by atoms with van der Waals surface area (Å²) in [6, 6.07) is -0.290. The van der Waals surface area contributed by atoms with Crippen LogP contribution in [0.3, 0.4) is 0 Å². The van der Waals surface area contributed by atoms with E-state index in [0.717, 1.165) is 13.1 Å². The maximum absolute atomic E-state index is 12.0. The third-order valence-corrected chi connectivity index (χ3v) is 4.32. The van der Waals surface area contributed by atoms with Crippen molar-refractivity contribution in [2.75, 3.05) is 26.2 Å². The molecule has 1 rings (SSSR count). The molecule has 0 bridgehead atoms. The fourth-order valence-electron chi connectivity index (χ4n) is 2.53. The summed E-state index contributed by atoms with van der Waals surface area (Å²) in [4.78, 5) is 25.5. The number of amides is 3. The van der Waals surface area contributed by atoms with Gasteiger partial charge in [-0.15, -0.1) is 0 Å². The number of carbonyl (C=O) groups is 2. The highest BCUT2D eigenvalue weighted by Gasteiger charge is 2.33. The quantitative estimate of drug-likeness (QED) is 0.668. The first kappa shape index (κ1) is 19.7. The van der Waals surface area contributed by atoms with E-state index < -0.39 is 11.3 Å². The largest absolute Gasteiger partial charge is 0.373 e. The van der Waals surface area contributed by atoms with Crippen molar-refractivity contribution >= 4 is 11.9 Å². The number of nitrogens with two attached hydrogens (primary N) is 1. The zero-order chi connectivity index (χ0) is 17.8. The molecule has 23 heavy (non-hydrogen) atoms. The molecule has 7 heteroatoms. The molecular formula is C16H32N4O3. The van der Waals surface area contributed by atoms with Crippen LogP contribution in [-0.2, 0) is 9.53 Å². The normalized spacial score (nSPS) is 23.4. The van der Waals surface area contributed by atoms with Crippen LogP contribution in [0, 0.1) is 5.41 Å². The lowest BCUT2D eigenvalue weighted by molar-refractivity contribution is -0.125. The second-order valence-electron chi connectivity index (χ2n) is 7.76. The van der Waals surface area contributed by atoms with E-state index in [-0.39, 0.29) is 30.3 Å². The molecule has 2 unspecified atom stereocenters. The predicted octanol–water partition coefficient (Wildman–Crippen LogP) is 0.685. The van der Waals surface area contributed by atoms with Crippen molar-refractivity contribution in [1.82, 2.24) is 15.5 Å². The van der Waals surface area contributed by atoms with E-state index in [2.05, 4.69) is 43.2 Å². The van der Waals surface area contributed by atoms with Crippen LogP contribution in [0.2, 0.25) is 0 Å². The number of hydrogen-bond donors (Lipinski definition) is 3. The highest BCUT2D eigenvalue weighted by Crippen LogP contribution is 2.20. The van der Waals surface area contributed by atoms with Crippen molar-refractivity contribution in [2.45, 2.75) is 59.3 Å². The average Bonchev–Trinajstić information content (AvgIpc) is 2.42. The number of morpholine rings is 1. The molecule has 2 atom stereocenters. The minimum absolute atomic E-state index is 0.178. The molecule has 134 valence electrons. The highest BCUT2D eigenvalue weighted by molar-refractivity contribution is 5.81. The number of primary amides is 1. The summed E-state index contributed by atoms with van der Waals surface area (Å²) in [7, 11) is 0. The SMILES string of the molecule is CC1CN(C(C)(C)CNC(=O)NCC(C)(C)C(N)=O)CC(C)O1. The Morgan fingerprint density at radius 2 is 1.57 bits per heavy atom. The van der Waals surface area contributed by atoms with E-state index in [1.807, 2.05) is 0 Å². The molecule has 0 radical (unpaired) electrons. The molecule has 0 aromatic rings. The summed E-state index contributed by atoms with van der Waals surface area (Å²) >= 11 is 0. The van der Waals surface area contributed by atoms with Gasteiger partial charge in [-0.3, -0.25) is 9.69 Å². The predicted molar refractivity (Wildman–Crippen MR) is 90.0 cm³/mol. The molecule has 0 aromatic carbocycles. The van der Waals surface area contributed by atoms with Crippen molar-refractivity contribution in [3.63, 3.8) is 0 Å². The highest BCUT2D eigenvalue weighted by atomic mass is 16.5. The third-order valence-electron chi connectivity index (χ3n) is 4.32. The summed E-state index contributed by atoms with van der Waals surface area (Å²) < 4.78 is 5.75. The van der Waals surface area contributed by atoms with Crippen LogP contribution in [0.15, 0.2) is 0 Å². The summed E-state index contributed by atoms with van der Waals surface area (Å²) in [5, 5.41) is 5.58. The topological polar surface area (TPSA) is 96.7 Å². The van der Waals surface area contributed by atoms with Crippen LogP contribution in [0.4, 0.5) is 4.79 Å². The van der Waals surface area contributed by atoms with Gasteiger partial charge >= 0.3 is 6.03 Å². The Bertz CT molecular complexity index is 427. The lowest BCUT2D eigenvalue weighted by atomic mass is 9.93. The van der Waals surface area contributed by atoms with Crippen molar-refractivity contribution in [3.05, 3.63) is 0 Å². The van der Waals surface area contributed by atoms with Gasteiger partial charge in [0.25, 0.3) is 0 Å². The van der Waals surface area contributed by atoms with E-state index in [0.29, 0.717) is 6.54 Å². The number of carbonyl (C=O) groups excluding carboxylic acids is 2. The molecule has 1 fully saturated rings. The standard InChI is InChI=1S/C16H32N4O3/c1-11-7-20(8-12(2)23-11)16(5,6)10-19-14(22)18-9-15(3,4)13(17)21/h11-12H,7-10H2,1-6H3,(H2,17,21)(H2,18,19,22). The van der Waals surface area contributed by atoms with Crippen molar-refractivity contribution in [1.29, 1.82) is 0 Å². The van der Waals surface area contributed by atoms with Gasteiger partial charge in [0.15, 0.2) is 0 Å². The summed E-state index contributed by atoms with van der Waals surface area (Å²) in [5.41, 5.74) is 4.35. The monoisotopic (exact) mass is 328 g/mol. The van der Waals surface area contributed by atoms with Gasteiger partial charge in [-0.2, -0.15) is 0 Å². The first-order chi connectivity index (χ1) is 10.4. The summed E-state index contributed by atoms with van der Waals surface area (Å²) in [6.45, 7) is 14.1. The number of nitrogens with one attached hydrogen (secondary N) is 2. The number of rotatable bonds is 6. The molecule has 3 amide bonds. The Morgan fingerprint density at radius 1 is 1.09 bits per heavy atom. The minimum atomic E-state index is -0.762. The molecule has 7 nitrogen and oxygen atoms in total. The van der Waals surface area contributed by atoms with Crippen LogP contribution in [0.5, 0.6) is 0 Å². The van der Waals surface area contributed by atoms with Crippen LogP contribution in [-0.4, -0.2) is 60.8 Å². The molecule has 0 saturated carbocycles. The number of hydrogen-bond acceptors (Lipinski definition) is 4. The lowest BCUT2D eigenvalue weighted by Gasteiger charge is -2.45. The van der Waals surface area contributed by atoms with Crippen molar-refractivity contribution < 1.29 is 14.3 Å². The minimum Gasteiger partial charge on any atom is -0.373 e. The van der Waals surface area contributed by atoms with Crippen molar-refractivity contribution in [2.24, 2.45) is 11.1 Å². The van der Waals surface area contributed by atoms with Crippen LogP contribution in [0.1, 0.15) is 41.5 Å². The Balaban J connectivity index is 2.46. The molecule has 0 spiro atoms. The second-order valence-corrected chi connectivity index (χ2v) is 7.76. The van der Waals surface area contributed by atoms with Gasteiger partial charge in [0.2, 0.25) is 5.91 Å². The van der Waals surface area contributed by atoms with Gasteiger partial charge in [-0.25, -0.2) is 4.79 Å². The van der Waals surface area contributed by atoms with E-state index in [1.54, 1.807) is 13.8 Å². The van der Waals surface area contributed by atoms with Gasteiger partial charge in [0, 0.05) is 31.7 Å². The molecule has 0 aliphatic carbocycles. The maximum Gasteiger partial charge on any atom is 0.314 e. The Hall–Kier alpha value is -1.34. The molecule has 1 saturated heterocycles. The fourth-order valence-corrected chi connectivity index (χ4v) is 2.53. The zero-order valence-corrected chi connectivity index (χ0v) is 15.2. The number of urea groups is 1. The molecular weight excluding hydrogens is 296 g/mol.